The Labute approximate surface area is 182 Å². The van der Waals surface area contributed by atoms with Crippen LogP contribution in [0.25, 0.3) is 0 Å². The Hall–Kier alpha value is -1.55. The summed E-state index contributed by atoms with van der Waals surface area (Å²) in [4.78, 5) is 11.1. The Morgan fingerprint density at radius 2 is 1.83 bits per heavy atom. The van der Waals surface area contributed by atoms with Crippen LogP contribution < -0.4 is 0 Å². The van der Waals surface area contributed by atoms with Gasteiger partial charge in [-0.25, -0.2) is 4.79 Å². The molecule has 0 amide bonds. The molecule has 2 aromatic rings. The summed E-state index contributed by atoms with van der Waals surface area (Å²) in [7, 11) is 0. The number of carbonyl (C=O) groups is 1. The predicted octanol–water partition coefficient (Wildman–Crippen LogP) is 5.82. The van der Waals surface area contributed by atoms with E-state index in [1.54, 1.807) is 18.2 Å². The molecule has 0 aliphatic heterocycles. The van der Waals surface area contributed by atoms with Crippen molar-refractivity contribution in [3.63, 3.8) is 0 Å². The number of rotatable bonds is 7. The van der Waals surface area contributed by atoms with Gasteiger partial charge in [0.05, 0.1) is 16.7 Å². The Morgan fingerprint density at radius 3 is 2.52 bits per heavy atom. The summed E-state index contributed by atoms with van der Waals surface area (Å²) in [5.41, 5.74) is 5.09. The number of aliphatic hydroxyl groups excluding tert-OH is 1. The van der Waals surface area contributed by atoms with Crippen molar-refractivity contribution in [3.05, 3.63) is 69.2 Å². The van der Waals surface area contributed by atoms with Crippen LogP contribution in [-0.4, -0.2) is 27.7 Å². The molecule has 1 aliphatic carbocycles. The Morgan fingerprint density at radius 1 is 1.10 bits per heavy atom. The number of hydrogen-bond acceptors (Lipinski definition) is 2. The van der Waals surface area contributed by atoms with Crippen LogP contribution in [0, 0.1) is 25.7 Å². The molecule has 0 saturated heterocycles. The molecule has 0 heterocycles. The number of benzene rings is 2. The zero-order chi connectivity index (χ0) is 21.1. The molecule has 0 radical (unpaired) electrons. The number of hydrogen-bond donors (Lipinski definition) is 2. The summed E-state index contributed by atoms with van der Waals surface area (Å²) in [6, 6.07) is 11.5. The summed E-state index contributed by atoms with van der Waals surface area (Å²) in [6.45, 7) is 4.29. The lowest BCUT2D eigenvalue weighted by Gasteiger charge is -2.24. The maximum absolute atomic E-state index is 11.1. The molecule has 156 valence electrons. The van der Waals surface area contributed by atoms with Gasteiger partial charge in [0.15, 0.2) is 0 Å². The molecule has 1 saturated carbocycles. The first-order valence-electron chi connectivity index (χ1n) is 10.2. The van der Waals surface area contributed by atoms with E-state index in [1.165, 1.54) is 16.7 Å². The normalized spacial score (nSPS) is 24.0. The fourth-order valence-electron chi connectivity index (χ4n) is 4.56. The first-order valence-corrected chi connectivity index (χ1v) is 11.0. The SMILES string of the molecule is Cc1cccc(CC[C@H]2C(Cl)CC(O)[C@@H]2CCc2ccc(C(=O)O)c(Cl)c2)c1C. The molecule has 3 rings (SSSR count). The fourth-order valence-corrected chi connectivity index (χ4v) is 5.34. The molecular weight excluding hydrogens is 407 g/mol. The monoisotopic (exact) mass is 434 g/mol. The highest BCUT2D eigenvalue weighted by Crippen LogP contribution is 2.41. The Bertz CT molecular complexity index is 880. The predicted molar refractivity (Wildman–Crippen MR) is 118 cm³/mol. The van der Waals surface area contributed by atoms with Crippen molar-refractivity contribution in [1.29, 1.82) is 0 Å². The van der Waals surface area contributed by atoms with Gasteiger partial charge >= 0.3 is 5.97 Å². The number of carboxylic acid groups (broad SMARTS) is 1. The lowest BCUT2D eigenvalue weighted by molar-refractivity contribution is 0.0697. The van der Waals surface area contributed by atoms with Crippen LogP contribution in [0.1, 0.15) is 51.9 Å². The molecule has 1 aliphatic rings. The van der Waals surface area contributed by atoms with Crippen LogP contribution in [0.4, 0.5) is 0 Å². The van der Waals surface area contributed by atoms with E-state index in [0.717, 1.165) is 31.2 Å². The van der Waals surface area contributed by atoms with Gasteiger partial charge in [-0.05, 0) is 92.2 Å². The lowest BCUT2D eigenvalue weighted by atomic mass is 9.84. The maximum Gasteiger partial charge on any atom is 0.337 e. The summed E-state index contributed by atoms with van der Waals surface area (Å²) in [5, 5.41) is 19.9. The minimum atomic E-state index is -1.02. The van der Waals surface area contributed by atoms with E-state index < -0.39 is 12.1 Å². The molecule has 5 heteroatoms. The Kier molecular flexibility index (Phi) is 7.26. The third-order valence-electron chi connectivity index (χ3n) is 6.47. The zero-order valence-electron chi connectivity index (χ0n) is 16.9. The van der Waals surface area contributed by atoms with E-state index in [1.807, 2.05) is 0 Å². The maximum atomic E-state index is 11.1. The van der Waals surface area contributed by atoms with Gasteiger partial charge in [-0.1, -0.05) is 35.9 Å². The zero-order valence-corrected chi connectivity index (χ0v) is 18.4. The first-order chi connectivity index (χ1) is 13.8. The topological polar surface area (TPSA) is 57.5 Å². The van der Waals surface area contributed by atoms with Crippen molar-refractivity contribution < 1.29 is 15.0 Å². The standard InChI is InChI=1S/C24H28Cl2O3/c1-14-4-3-5-17(15(14)2)8-11-18-19(23(27)13-22(18)26)9-6-16-7-10-20(24(28)29)21(25)12-16/h3-5,7,10,12,18-19,22-23,27H,6,8-9,11,13H2,1-2H3,(H,28,29)/t18-,19-,22?,23?/m1/s1. The third kappa shape index (κ3) is 5.14. The highest BCUT2D eigenvalue weighted by atomic mass is 35.5. The number of carboxylic acids is 1. The summed E-state index contributed by atoms with van der Waals surface area (Å²) in [5.74, 6) is -0.620. The van der Waals surface area contributed by atoms with Crippen molar-refractivity contribution in [2.24, 2.45) is 11.8 Å². The largest absolute Gasteiger partial charge is 0.478 e. The molecule has 4 atom stereocenters. The highest BCUT2D eigenvalue weighted by Gasteiger charge is 2.40. The van der Waals surface area contributed by atoms with Crippen molar-refractivity contribution >= 4 is 29.2 Å². The third-order valence-corrected chi connectivity index (χ3v) is 7.28. The van der Waals surface area contributed by atoms with E-state index in [4.69, 9.17) is 28.3 Å². The van der Waals surface area contributed by atoms with E-state index in [9.17, 15) is 9.90 Å². The van der Waals surface area contributed by atoms with Gasteiger partial charge < -0.3 is 10.2 Å². The summed E-state index contributed by atoms with van der Waals surface area (Å²) >= 11 is 12.7. The van der Waals surface area contributed by atoms with Crippen LogP contribution in [-0.2, 0) is 12.8 Å². The smallest absolute Gasteiger partial charge is 0.337 e. The minimum Gasteiger partial charge on any atom is -0.478 e. The van der Waals surface area contributed by atoms with Crippen molar-refractivity contribution in [3.8, 4) is 0 Å². The number of aryl methyl sites for hydroxylation is 3. The lowest BCUT2D eigenvalue weighted by Crippen LogP contribution is -2.22. The van der Waals surface area contributed by atoms with Crippen LogP contribution in [0.3, 0.4) is 0 Å². The van der Waals surface area contributed by atoms with E-state index in [0.29, 0.717) is 6.42 Å². The Balaban J connectivity index is 1.66. The molecule has 2 unspecified atom stereocenters. The van der Waals surface area contributed by atoms with Gasteiger partial charge in [0, 0.05) is 5.38 Å². The molecule has 0 aromatic heterocycles. The number of halogens is 2. The van der Waals surface area contributed by atoms with Gasteiger partial charge in [0.1, 0.15) is 0 Å². The molecule has 0 bridgehead atoms. The second kappa shape index (κ2) is 9.51. The van der Waals surface area contributed by atoms with Crippen LogP contribution in [0.15, 0.2) is 36.4 Å². The van der Waals surface area contributed by atoms with Gasteiger partial charge in [0.25, 0.3) is 0 Å². The fraction of sp³-hybridized carbons (Fsp3) is 0.458. The van der Waals surface area contributed by atoms with E-state index >= 15 is 0 Å². The minimum absolute atomic E-state index is 0.0157. The quantitative estimate of drug-likeness (QED) is 0.539. The average molecular weight is 435 g/mol. The molecule has 2 N–H and O–H groups in total. The summed E-state index contributed by atoms with van der Waals surface area (Å²) < 4.78 is 0. The molecule has 1 fully saturated rings. The van der Waals surface area contributed by atoms with Crippen LogP contribution in [0.5, 0.6) is 0 Å². The van der Waals surface area contributed by atoms with Gasteiger partial charge in [-0.3, -0.25) is 0 Å². The number of aromatic carboxylic acids is 1. The van der Waals surface area contributed by atoms with Crippen molar-refractivity contribution in [2.75, 3.05) is 0 Å². The molecule has 2 aromatic carbocycles. The van der Waals surface area contributed by atoms with E-state index in [-0.39, 0.29) is 27.8 Å². The molecule has 29 heavy (non-hydrogen) atoms. The highest BCUT2D eigenvalue weighted by molar-refractivity contribution is 6.33. The van der Waals surface area contributed by atoms with Crippen molar-refractivity contribution in [1.82, 2.24) is 0 Å². The van der Waals surface area contributed by atoms with Gasteiger partial charge in [-0.2, -0.15) is 0 Å². The van der Waals surface area contributed by atoms with Crippen LogP contribution in [0.2, 0.25) is 5.02 Å². The molecule has 3 nitrogen and oxygen atoms in total. The van der Waals surface area contributed by atoms with Crippen LogP contribution >= 0.6 is 23.2 Å². The number of alkyl halides is 1. The second-order valence-electron chi connectivity index (χ2n) is 8.20. The van der Waals surface area contributed by atoms with Gasteiger partial charge in [-0.15, -0.1) is 11.6 Å². The van der Waals surface area contributed by atoms with E-state index in [2.05, 4.69) is 32.0 Å². The first kappa shape index (κ1) is 22.1. The molecular formula is C24H28Cl2O3. The van der Waals surface area contributed by atoms with Crippen molar-refractivity contribution in [2.45, 2.75) is 57.4 Å². The number of aliphatic hydroxyl groups is 1. The molecule has 0 spiro atoms. The second-order valence-corrected chi connectivity index (χ2v) is 9.17. The summed E-state index contributed by atoms with van der Waals surface area (Å²) in [6.07, 6.45) is 3.70. The average Bonchev–Trinajstić information content (AvgIpc) is 2.93. The van der Waals surface area contributed by atoms with Gasteiger partial charge in [0.2, 0.25) is 0 Å².